The SMILES string of the molecule is O=C1Nc2ccccc2[C@]12COc1cc3c(cc12)OCCO3.O=C1Nc2ccccc2[C@]12COc1cc3c(cc12)OCO3. The van der Waals surface area contributed by atoms with Crippen LogP contribution in [0.4, 0.5) is 11.4 Å². The van der Waals surface area contributed by atoms with Crippen LogP contribution in [0.5, 0.6) is 34.5 Å². The first-order valence-corrected chi connectivity index (χ1v) is 14.0. The second kappa shape index (κ2) is 8.57. The smallest absolute Gasteiger partial charge is 0.243 e. The van der Waals surface area contributed by atoms with E-state index in [2.05, 4.69) is 10.6 Å². The van der Waals surface area contributed by atoms with Crippen molar-refractivity contribution < 1.29 is 38.0 Å². The molecule has 10 nitrogen and oxygen atoms in total. The molecule has 0 radical (unpaired) electrons. The van der Waals surface area contributed by atoms with Gasteiger partial charge in [0.25, 0.3) is 0 Å². The highest BCUT2D eigenvalue weighted by atomic mass is 16.7. The van der Waals surface area contributed by atoms with Crippen molar-refractivity contribution in [2.75, 3.05) is 43.9 Å². The van der Waals surface area contributed by atoms with Gasteiger partial charge < -0.3 is 39.1 Å². The van der Waals surface area contributed by atoms with Crippen molar-refractivity contribution in [1.82, 2.24) is 0 Å². The van der Waals surface area contributed by atoms with Crippen LogP contribution in [0.1, 0.15) is 22.3 Å². The quantitative estimate of drug-likeness (QED) is 0.321. The summed E-state index contributed by atoms with van der Waals surface area (Å²) in [6.45, 7) is 1.85. The first-order chi connectivity index (χ1) is 21.1. The van der Waals surface area contributed by atoms with Crippen LogP contribution >= 0.6 is 0 Å². The highest BCUT2D eigenvalue weighted by Crippen LogP contribution is 2.54. The zero-order valence-corrected chi connectivity index (χ0v) is 22.7. The lowest BCUT2D eigenvalue weighted by Gasteiger charge is -2.23. The lowest BCUT2D eigenvalue weighted by atomic mass is 9.77. The molecule has 0 saturated heterocycles. The third kappa shape index (κ3) is 3.17. The Hall–Kier alpha value is -5.38. The summed E-state index contributed by atoms with van der Waals surface area (Å²) in [6, 6.07) is 22.9. The Labute approximate surface area is 245 Å². The molecule has 10 rings (SSSR count). The van der Waals surface area contributed by atoms with E-state index in [9.17, 15) is 9.59 Å². The maximum atomic E-state index is 12.7. The molecule has 0 fully saturated rings. The summed E-state index contributed by atoms with van der Waals surface area (Å²) < 4.78 is 33.7. The molecule has 2 spiro atoms. The lowest BCUT2D eigenvalue weighted by molar-refractivity contribution is -0.120. The summed E-state index contributed by atoms with van der Waals surface area (Å²) in [5.41, 5.74) is 3.71. The van der Waals surface area contributed by atoms with Crippen molar-refractivity contribution in [3.8, 4) is 34.5 Å². The van der Waals surface area contributed by atoms with Crippen LogP contribution in [0.15, 0.2) is 72.8 Å². The molecular formula is C33H24N2O8. The molecule has 2 atom stereocenters. The molecule has 10 heteroatoms. The summed E-state index contributed by atoms with van der Waals surface area (Å²) >= 11 is 0. The minimum atomic E-state index is -0.790. The predicted octanol–water partition coefficient (Wildman–Crippen LogP) is 4.13. The fourth-order valence-electron chi connectivity index (χ4n) is 6.88. The van der Waals surface area contributed by atoms with Gasteiger partial charge in [-0.15, -0.1) is 0 Å². The molecule has 4 aromatic rings. The van der Waals surface area contributed by atoms with Gasteiger partial charge in [0, 0.05) is 34.6 Å². The fraction of sp³-hybridized carbons (Fsp3) is 0.212. The molecule has 0 aromatic heterocycles. The monoisotopic (exact) mass is 576 g/mol. The van der Waals surface area contributed by atoms with Crippen molar-refractivity contribution in [3.63, 3.8) is 0 Å². The number of anilines is 2. The molecule has 4 aromatic carbocycles. The minimum Gasteiger partial charge on any atom is -0.491 e. The van der Waals surface area contributed by atoms with E-state index in [0.29, 0.717) is 60.9 Å². The number of fused-ring (bicyclic) bond motifs is 10. The van der Waals surface area contributed by atoms with Crippen molar-refractivity contribution in [3.05, 3.63) is 95.1 Å². The van der Waals surface area contributed by atoms with Gasteiger partial charge in [0.05, 0.1) is 0 Å². The number of amides is 2. The number of hydrogen-bond acceptors (Lipinski definition) is 8. The summed E-state index contributed by atoms with van der Waals surface area (Å²) in [4.78, 5) is 25.4. The van der Waals surface area contributed by atoms with Crippen molar-refractivity contribution in [2.45, 2.75) is 10.8 Å². The van der Waals surface area contributed by atoms with E-state index in [1.165, 1.54) is 0 Å². The Morgan fingerprint density at radius 3 is 1.47 bits per heavy atom. The van der Waals surface area contributed by atoms with Crippen LogP contribution in [0, 0.1) is 0 Å². The van der Waals surface area contributed by atoms with Gasteiger partial charge >= 0.3 is 0 Å². The molecule has 6 aliphatic heterocycles. The van der Waals surface area contributed by atoms with Gasteiger partial charge in [-0.3, -0.25) is 9.59 Å². The minimum absolute atomic E-state index is 0.0517. The number of rotatable bonds is 0. The fourth-order valence-corrected chi connectivity index (χ4v) is 6.88. The topological polar surface area (TPSA) is 114 Å². The summed E-state index contributed by atoms with van der Waals surface area (Å²) in [5.74, 6) is 3.95. The molecular weight excluding hydrogens is 552 g/mol. The number of carbonyl (C=O) groups is 2. The second-order valence-corrected chi connectivity index (χ2v) is 11.1. The van der Waals surface area contributed by atoms with Crippen LogP contribution in [-0.2, 0) is 20.4 Å². The molecule has 0 aliphatic carbocycles. The standard InChI is InChI=1S/C17H13NO4.C16H11NO4/c19-16-17(10-3-1-2-4-12(10)18-16)9-22-13-8-15-14(7-11(13)17)20-5-6-21-15;18-15-16(9-3-1-2-4-11(9)17-15)7-19-12-6-14-13(5-10(12)16)20-8-21-14/h1-4,7-8H,5-6,9H2,(H,18,19);1-6H,7-8H2,(H,17,18)/t17-;16-/m00/s1. The third-order valence-electron chi connectivity index (χ3n) is 8.97. The van der Waals surface area contributed by atoms with E-state index in [0.717, 1.165) is 33.6 Å². The molecule has 2 amide bonds. The summed E-state index contributed by atoms with van der Waals surface area (Å²) in [5, 5.41) is 5.91. The van der Waals surface area contributed by atoms with E-state index in [4.69, 9.17) is 28.4 Å². The summed E-state index contributed by atoms with van der Waals surface area (Å²) in [7, 11) is 0. The van der Waals surface area contributed by atoms with Gasteiger partial charge in [0.15, 0.2) is 23.0 Å². The maximum Gasteiger partial charge on any atom is 0.243 e. The number of benzene rings is 4. The Morgan fingerprint density at radius 2 is 0.930 bits per heavy atom. The first-order valence-electron chi connectivity index (χ1n) is 14.0. The van der Waals surface area contributed by atoms with Crippen molar-refractivity contribution in [2.24, 2.45) is 0 Å². The largest absolute Gasteiger partial charge is 0.491 e. The Bertz CT molecular complexity index is 1890. The molecule has 2 N–H and O–H groups in total. The number of carbonyl (C=O) groups excluding carboxylic acids is 2. The van der Waals surface area contributed by atoms with Crippen LogP contribution in [-0.4, -0.2) is 45.0 Å². The van der Waals surface area contributed by atoms with E-state index >= 15 is 0 Å². The first kappa shape index (κ1) is 24.2. The zero-order chi connectivity index (χ0) is 28.8. The maximum absolute atomic E-state index is 12.7. The van der Waals surface area contributed by atoms with E-state index < -0.39 is 10.8 Å². The molecule has 6 heterocycles. The van der Waals surface area contributed by atoms with E-state index in [1.807, 2.05) is 66.7 Å². The van der Waals surface area contributed by atoms with Gasteiger partial charge in [-0.05, 0) is 35.4 Å². The van der Waals surface area contributed by atoms with Crippen LogP contribution in [0.3, 0.4) is 0 Å². The number of hydrogen-bond donors (Lipinski definition) is 2. The van der Waals surface area contributed by atoms with Crippen LogP contribution < -0.4 is 39.1 Å². The Balaban J connectivity index is 0.000000121. The molecule has 43 heavy (non-hydrogen) atoms. The lowest BCUT2D eigenvalue weighted by Crippen LogP contribution is -2.37. The Kier molecular flexibility index (Phi) is 4.83. The van der Waals surface area contributed by atoms with Gasteiger partial charge in [0.1, 0.15) is 48.8 Å². The zero-order valence-electron chi connectivity index (χ0n) is 22.7. The van der Waals surface area contributed by atoms with Gasteiger partial charge in [-0.25, -0.2) is 0 Å². The van der Waals surface area contributed by atoms with E-state index in [1.54, 1.807) is 6.07 Å². The Morgan fingerprint density at radius 1 is 0.488 bits per heavy atom. The van der Waals surface area contributed by atoms with Crippen LogP contribution in [0.2, 0.25) is 0 Å². The molecule has 214 valence electrons. The van der Waals surface area contributed by atoms with Gasteiger partial charge in [-0.1, -0.05) is 36.4 Å². The molecule has 0 bridgehead atoms. The predicted molar refractivity (Wildman–Crippen MR) is 153 cm³/mol. The average molecular weight is 577 g/mol. The highest BCUT2D eigenvalue weighted by Gasteiger charge is 2.55. The normalized spacial score (nSPS) is 23.7. The molecule has 6 aliphatic rings. The number of para-hydroxylation sites is 2. The number of nitrogens with one attached hydrogen (secondary N) is 2. The second-order valence-electron chi connectivity index (χ2n) is 11.1. The molecule has 0 unspecified atom stereocenters. The van der Waals surface area contributed by atoms with Gasteiger partial charge in [-0.2, -0.15) is 0 Å². The molecule has 0 saturated carbocycles. The number of ether oxygens (including phenoxy) is 6. The summed E-state index contributed by atoms with van der Waals surface area (Å²) in [6.07, 6.45) is 0. The average Bonchev–Trinajstić information content (AvgIpc) is 3.84. The van der Waals surface area contributed by atoms with E-state index in [-0.39, 0.29) is 18.6 Å². The highest BCUT2D eigenvalue weighted by molar-refractivity contribution is 6.10. The van der Waals surface area contributed by atoms with Crippen molar-refractivity contribution >= 4 is 23.2 Å². The van der Waals surface area contributed by atoms with Crippen LogP contribution in [0.25, 0.3) is 0 Å². The van der Waals surface area contributed by atoms with Gasteiger partial charge in [0.2, 0.25) is 18.6 Å². The van der Waals surface area contributed by atoms with Crippen molar-refractivity contribution in [1.29, 1.82) is 0 Å². The third-order valence-corrected chi connectivity index (χ3v) is 8.97.